The standard InChI is InChI=1S/C13H17N3O/c1-9-4-5-12(17)11(8-9)10(2)14-13-6-7-16(3)15-13/h4-8,10,17H,1-3H3,(H,14,15). The summed E-state index contributed by atoms with van der Waals surface area (Å²) in [4.78, 5) is 0. The topological polar surface area (TPSA) is 50.1 Å². The van der Waals surface area contributed by atoms with Crippen molar-refractivity contribution in [3.05, 3.63) is 41.6 Å². The Morgan fingerprint density at radius 3 is 2.76 bits per heavy atom. The van der Waals surface area contributed by atoms with Gasteiger partial charge in [-0.1, -0.05) is 17.7 Å². The molecule has 0 saturated heterocycles. The molecule has 0 radical (unpaired) electrons. The molecule has 1 aromatic heterocycles. The second-order valence-corrected chi connectivity index (χ2v) is 4.30. The van der Waals surface area contributed by atoms with Crippen LogP contribution in [0.2, 0.25) is 0 Å². The van der Waals surface area contributed by atoms with Crippen LogP contribution in [0.1, 0.15) is 24.1 Å². The van der Waals surface area contributed by atoms with Gasteiger partial charge < -0.3 is 10.4 Å². The molecule has 90 valence electrons. The maximum atomic E-state index is 9.82. The molecular formula is C13H17N3O. The Kier molecular flexibility index (Phi) is 3.04. The first-order chi connectivity index (χ1) is 8.06. The number of aryl methyl sites for hydroxylation is 2. The lowest BCUT2D eigenvalue weighted by Crippen LogP contribution is -2.08. The van der Waals surface area contributed by atoms with E-state index >= 15 is 0 Å². The van der Waals surface area contributed by atoms with Gasteiger partial charge in [-0.05, 0) is 19.9 Å². The number of hydrogen-bond donors (Lipinski definition) is 2. The molecule has 0 aliphatic carbocycles. The summed E-state index contributed by atoms with van der Waals surface area (Å²) in [5.41, 5.74) is 2.02. The van der Waals surface area contributed by atoms with Crippen LogP contribution in [0.25, 0.3) is 0 Å². The molecule has 1 aromatic carbocycles. The van der Waals surface area contributed by atoms with E-state index in [0.29, 0.717) is 5.75 Å². The first-order valence-electron chi connectivity index (χ1n) is 5.62. The van der Waals surface area contributed by atoms with Crippen LogP contribution in [0.5, 0.6) is 5.75 Å². The summed E-state index contributed by atoms with van der Waals surface area (Å²) in [5, 5.41) is 17.3. The number of aromatic nitrogens is 2. The molecule has 0 aliphatic rings. The second-order valence-electron chi connectivity index (χ2n) is 4.30. The molecule has 0 bridgehead atoms. The monoisotopic (exact) mass is 231 g/mol. The minimum Gasteiger partial charge on any atom is -0.508 e. The van der Waals surface area contributed by atoms with Gasteiger partial charge in [-0.25, -0.2) is 0 Å². The van der Waals surface area contributed by atoms with Crippen LogP contribution in [-0.2, 0) is 7.05 Å². The lowest BCUT2D eigenvalue weighted by Gasteiger charge is -2.15. The fourth-order valence-electron chi connectivity index (χ4n) is 1.81. The lowest BCUT2D eigenvalue weighted by molar-refractivity contribution is 0.465. The highest BCUT2D eigenvalue weighted by molar-refractivity contribution is 5.43. The van der Waals surface area contributed by atoms with Crippen LogP contribution in [0, 0.1) is 6.92 Å². The fraction of sp³-hybridized carbons (Fsp3) is 0.308. The summed E-state index contributed by atoms with van der Waals surface area (Å²) < 4.78 is 1.74. The Labute approximate surface area is 101 Å². The maximum absolute atomic E-state index is 9.82. The summed E-state index contributed by atoms with van der Waals surface area (Å²) in [6.45, 7) is 4.01. The van der Waals surface area contributed by atoms with Crippen LogP contribution in [0.15, 0.2) is 30.5 Å². The number of rotatable bonds is 3. The average Bonchev–Trinajstić information content (AvgIpc) is 2.67. The molecule has 0 amide bonds. The van der Waals surface area contributed by atoms with E-state index in [0.717, 1.165) is 16.9 Å². The van der Waals surface area contributed by atoms with E-state index in [1.54, 1.807) is 10.7 Å². The van der Waals surface area contributed by atoms with Gasteiger partial charge in [0.25, 0.3) is 0 Å². The number of hydrogen-bond acceptors (Lipinski definition) is 3. The number of benzene rings is 1. The van der Waals surface area contributed by atoms with Crippen molar-refractivity contribution in [2.75, 3.05) is 5.32 Å². The fourth-order valence-corrected chi connectivity index (χ4v) is 1.81. The van der Waals surface area contributed by atoms with Crippen molar-refractivity contribution in [3.8, 4) is 5.75 Å². The van der Waals surface area contributed by atoms with Gasteiger partial charge in [-0.2, -0.15) is 5.10 Å². The first kappa shape index (κ1) is 11.5. The molecule has 0 aliphatic heterocycles. The van der Waals surface area contributed by atoms with E-state index in [2.05, 4.69) is 10.4 Å². The highest BCUT2D eigenvalue weighted by Crippen LogP contribution is 2.27. The zero-order valence-electron chi connectivity index (χ0n) is 10.3. The van der Waals surface area contributed by atoms with E-state index in [4.69, 9.17) is 0 Å². The number of phenolic OH excluding ortho intramolecular Hbond substituents is 1. The van der Waals surface area contributed by atoms with Crippen LogP contribution in [-0.4, -0.2) is 14.9 Å². The van der Waals surface area contributed by atoms with Gasteiger partial charge in [-0.15, -0.1) is 0 Å². The second kappa shape index (κ2) is 4.49. The number of phenols is 1. The molecule has 0 saturated carbocycles. The van der Waals surface area contributed by atoms with E-state index in [-0.39, 0.29) is 6.04 Å². The minimum absolute atomic E-state index is 0.0183. The Morgan fingerprint density at radius 2 is 2.12 bits per heavy atom. The van der Waals surface area contributed by atoms with E-state index < -0.39 is 0 Å². The van der Waals surface area contributed by atoms with Gasteiger partial charge >= 0.3 is 0 Å². The van der Waals surface area contributed by atoms with Gasteiger partial charge in [0.05, 0.1) is 6.04 Å². The van der Waals surface area contributed by atoms with Crippen molar-refractivity contribution in [1.82, 2.24) is 9.78 Å². The molecule has 0 spiro atoms. The molecular weight excluding hydrogens is 214 g/mol. The highest BCUT2D eigenvalue weighted by atomic mass is 16.3. The Balaban J connectivity index is 2.19. The van der Waals surface area contributed by atoms with Gasteiger partial charge in [0.15, 0.2) is 0 Å². The lowest BCUT2D eigenvalue weighted by atomic mass is 10.0. The maximum Gasteiger partial charge on any atom is 0.148 e. The van der Waals surface area contributed by atoms with Crippen molar-refractivity contribution >= 4 is 5.82 Å². The minimum atomic E-state index is 0.0183. The Hall–Kier alpha value is -1.97. The third-order valence-electron chi connectivity index (χ3n) is 2.73. The summed E-state index contributed by atoms with van der Waals surface area (Å²) in [6, 6.07) is 7.53. The highest BCUT2D eigenvalue weighted by Gasteiger charge is 2.11. The predicted octanol–water partition coefficient (Wildman–Crippen LogP) is 2.61. The van der Waals surface area contributed by atoms with E-state index in [1.165, 1.54) is 0 Å². The van der Waals surface area contributed by atoms with Crippen molar-refractivity contribution in [2.45, 2.75) is 19.9 Å². The van der Waals surface area contributed by atoms with E-state index in [1.807, 2.05) is 45.3 Å². The Bertz CT molecular complexity index is 519. The molecule has 4 heteroatoms. The third-order valence-corrected chi connectivity index (χ3v) is 2.73. The van der Waals surface area contributed by atoms with Gasteiger partial charge in [0.2, 0.25) is 0 Å². The smallest absolute Gasteiger partial charge is 0.148 e. The van der Waals surface area contributed by atoms with Crippen LogP contribution >= 0.6 is 0 Å². The van der Waals surface area contributed by atoms with Crippen LogP contribution < -0.4 is 5.32 Å². The van der Waals surface area contributed by atoms with Crippen molar-refractivity contribution in [1.29, 1.82) is 0 Å². The molecule has 4 nitrogen and oxygen atoms in total. The predicted molar refractivity (Wildman–Crippen MR) is 68.1 cm³/mol. The van der Waals surface area contributed by atoms with Gasteiger partial charge in [-0.3, -0.25) is 4.68 Å². The zero-order valence-corrected chi connectivity index (χ0v) is 10.3. The SMILES string of the molecule is Cc1ccc(O)c(C(C)Nc2ccn(C)n2)c1. The normalized spacial score (nSPS) is 12.4. The first-order valence-corrected chi connectivity index (χ1v) is 5.62. The summed E-state index contributed by atoms with van der Waals surface area (Å²) in [7, 11) is 1.87. The van der Waals surface area contributed by atoms with Gasteiger partial charge in [0.1, 0.15) is 11.6 Å². The average molecular weight is 231 g/mol. The molecule has 1 atom stereocenters. The number of aromatic hydroxyl groups is 1. The summed E-state index contributed by atoms with van der Waals surface area (Å²) >= 11 is 0. The van der Waals surface area contributed by atoms with Crippen LogP contribution in [0.3, 0.4) is 0 Å². The summed E-state index contributed by atoms with van der Waals surface area (Å²) in [5.74, 6) is 1.12. The molecule has 0 fully saturated rings. The summed E-state index contributed by atoms with van der Waals surface area (Å²) in [6.07, 6.45) is 1.88. The van der Waals surface area contributed by atoms with Crippen LogP contribution in [0.4, 0.5) is 5.82 Å². The van der Waals surface area contributed by atoms with Crippen molar-refractivity contribution in [3.63, 3.8) is 0 Å². The quantitative estimate of drug-likeness (QED) is 0.853. The molecule has 2 aromatic rings. The molecule has 2 N–H and O–H groups in total. The van der Waals surface area contributed by atoms with Crippen molar-refractivity contribution in [2.24, 2.45) is 7.05 Å². The van der Waals surface area contributed by atoms with Gasteiger partial charge in [0, 0.05) is 24.9 Å². The third kappa shape index (κ3) is 2.58. The number of nitrogens with zero attached hydrogens (tertiary/aromatic N) is 2. The zero-order chi connectivity index (χ0) is 12.4. The van der Waals surface area contributed by atoms with E-state index in [9.17, 15) is 5.11 Å². The number of nitrogens with one attached hydrogen (secondary N) is 1. The largest absolute Gasteiger partial charge is 0.508 e. The molecule has 1 heterocycles. The molecule has 1 unspecified atom stereocenters. The number of anilines is 1. The Morgan fingerprint density at radius 1 is 1.35 bits per heavy atom. The molecule has 2 rings (SSSR count). The van der Waals surface area contributed by atoms with Crippen molar-refractivity contribution < 1.29 is 5.11 Å². The molecule has 17 heavy (non-hydrogen) atoms.